The molecule has 0 fully saturated rings. The molecule has 2 aromatic rings. The smallest absolute Gasteiger partial charge is 0.165 e. The number of ketones is 1. The van der Waals surface area contributed by atoms with Gasteiger partial charge in [0.1, 0.15) is 5.82 Å². The van der Waals surface area contributed by atoms with Crippen molar-refractivity contribution in [3.8, 4) is 11.1 Å². The van der Waals surface area contributed by atoms with Gasteiger partial charge in [0.05, 0.1) is 0 Å². The van der Waals surface area contributed by atoms with Crippen LogP contribution < -0.4 is 0 Å². The Kier molecular flexibility index (Phi) is 3.56. The van der Waals surface area contributed by atoms with Gasteiger partial charge < -0.3 is 0 Å². The van der Waals surface area contributed by atoms with Gasteiger partial charge in [-0.15, -0.1) is 0 Å². The number of rotatable bonds is 3. The minimum absolute atomic E-state index is 0.0345. The van der Waals surface area contributed by atoms with Gasteiger partial charge in [-0.2, -0.15) is 0 Å². The summed E-state index contributed by atoms with van der Waals surface area (Å²) in [4.78, 5) is 11.9. The zero-order chi connectivity index (χ0) is 13.1. The molecule has 2 rings (SSSR count). The summed E-state index contributed by atoms with van der Waals surface area (Å²) in [5.41, 5.74) is 2.32. The molecule has 0 aliphatic heterocycles. The SMILES string of the molecule is CC(C)C(=O)c1cccc(-c2cccc(F)c2)c1. The van der Waals surface area contributed by atoms with Crippen LogP contribution in [0, 0.1) is 11.7 Å². The van der Waals surface area contributed by atoms with Crippen LogP contribution in [0.3, 0.4) is 0 Å². The average Bonchev–Trinajstić information content (AvgIpc) is 2.38. The second kappa shape index (κ2) is 5.13. The first-order valence-corrected chi connectivity index (χ1v) is 5.98. The monoisotopic (exact) mass is 242 g/mol. The Bertz CT molecular complexity index is 573. The van der Waals surface area contributed by atoms with Crippen molar-refractivity contribution in [2.24, 2.45) is 5.92 Å². The fourth-order valence-electron chi connectivity index (χ4n) is 1.85. The zero-order valence-electron chi connectivity index (χ0n) is 10.5. The molecule has 0 saturated heterocycles. The molecule has 0 aliphatic carbocycles. The minimum atomic E-state index is -0.270. The molecule has 2 aromatic carbocycles. The van der Waals surface area contributed by atoms with Crippen molar-refractivity contribution < 1.29 is 9.18 Å². The molecule has 92 valence electrons. The molecular weight excluding hydrogens is 227 g/mol. The Balaban J connectivity index is 2.42. The van der Waals surface area contributed by atoms with Crippen molar-refractivity contribution in [3.05, 3.63) is 59.9 Å². The first-order chi connectivity index (χ1) is 8.58. The van der Waals surface area contributed by atoms with Crippen molar-refractivity contribution in [1.82, 2.24) is 0 Å². The number of carbonyl (C=O) groups excluding carboxylic acids is 1. The van der Waals surface area contributed by atoms with Gasteiger partial charge in [-0.1, -0.05) is 44.2 Å². The summed E-state index contributed by atoms with van der Waals surface area (Å²) in [6, 6.07) is 13.7. The molecule has 0 aromatic heterocycles. The highest BCUT2D eigenvalue weighted by atomic mass is 19.1. The van der Waals surface area contributed by atoms with Crippen LogP contribution in [0.25, 0.3) is 11.1 Å². The van der Waals surface area contributed by atoms with Gasteiger partial charge in [-0.25, -0.2) is 4.39 Å². The van der Waals surface area contributed by atoms with Crippen molar-refractivity contribution in [2.75, 3.05) is 0 Å². The minimum Gasteiger partial charge on any atom is -0.294 e. The van der Waals surface area contributed by atoms with Crippen molar-refractivity contribution in [3.63, 3.8) is 0 Å². The normalized spacial score (nSPS) is 10.7. The summed E-state index contributed by atoms with van der Waals surface area (Å²) >= 11 is 0. The molecule has 0 spiro atoms. The molecule has 0 amide bonds. The molecule has 0 bridgehead atoms. The van der Waals surface area contributed by atoms with Crippen LogP contribution in [0.1, 0.15) is 24.2 Å². The van der Waals surface area contributed by atoms with Crippen LogP contribution >= 0.6 is 0 Å². The highest BCUT2D eigenvalue weighted by molar-refractivity contribution is 5.98. The lowest BCUT2D eigenvalue weighted by Gasteiger charge is -2.07. The Morgan fingerprint density at radius 2 is 1.61 bits per heavy atom. The second-order valence-electron chi connectivity index (χ2n) is 4.61. The standard InChI is InChI=1S/C16H15FO/c1-11(2)16(18)14-7-3-5-12(9-14)13-6-4-8-15(17)10-13/h3-11H,1-2H3. The molecule has 2 heteroatoms. The molecule has 0 saturated carbocycles. The number of halogens is 1. The fourth-order valence-corrected chi connectivity index (χ4v) is 1.85. The number of hydrogen-bond acceptors (Lipinski definition) is 1. The summed E-state index contributed by atoms with van der Waals surface area (Å²) in [5.74, 6) is -0.200. The quantitative estimate of drug-likeness (QED) is 0.732. The van der Waals surface area contributed by atoms with E-state index in [0.717, 1.165) is 11.1 Å². The van der Waals surface area contributed by atoms with Gasteiger partial charge in [0.25, 0.3) is 0 Å². The molecular formula is C16H15FO. The first-order valence-electron chi connectivity index (χ1n) is 5.98. The number of Topliss-reactive ketones (excluding diaryl/α,β-unsaturated/α-hetero) is 1. The summed E-state index contributed by atoms with van der Waals surface area (Å²) in [6.45, 7) is 3.74. The molecule has 0 radical (unpaired) electrons. The van der Waals surface area contributed by atoms with Crippen LogP contribution in [0.2, 0.25) is 0 Å². The molecule has 0 heterocycles. The van der Waals surface area contributed by atoms with Gasteiger partial charge in [0, 0.05) is 11.5 Å². The average molecular weight is 242 g/mol. The van der Waals surface area contributed by atoms with E-state index in [1.54, 1.807) is 12.1 Å². The molecule has 1 nitrogen and oxygen atoms in total. The summed E-state index contributed by atoms with van der Waals surface area (Å²) in [7, 11) is 0. The maximum Gasteiger partial charge on any atom is 0.165 e. The largest absolute Gasteiger partial charge is 0.294 e. The Hall–Kier alpha value is -1.96. The summed E-state index contributed by atoms with van der Waals surface area (Å²) in [6.07, 6.45) is 0. The second-order valence-corrected chi connectivity index (χ2v) is 4.61. The number of hydrogen-bond donors (Lipinski definition) is 0. The van der Waals surface area contributed by atoms with Crippen LogP contribution in [0.15, 0.2) is 48.5 Å². The van der Waals surface area contributed by atoms with E-state index in [1.165, 1.54) is 12.1 Å². The maximum absolute atomic E-state index is 13.2. The van der Waals surface area contributed by atoms with Crippen LogP contribution in [-0.2, 0) is 0 Å². The van der Waals surface area contributed by atoms with E-state index >= 15 is 0 Å². The Morgan fingerprint density at radius 1 is 1.00 bits per heavy atom. The third kappa shape index (κ3) is 2.65. The lowest BCUT2D eigenvalue weighted by Crippen LogP contribution is -2.07. The van der Waals surface area contributed by atoms with Gasteiger partial charge >= 0.3 is 0 Å². The van der Waals surface area contributed by atoms with Gasteiger partial charge in [-0.3, -0.25) is 4.79 Å². The van der Waals surface area contributed by atoms with E-state index in [-0.39, 0.29) is 17.5 Å². The van der Waals surface area contributed by atoms with Gasteiger partial charge in [0.2, 0.25) is 0 Å². The summed E-state index contributed by atoms with van der Waals surface area (Å²) < 4.78 is 13.2. The lowest BCUT2D eigenvalue weighted by atomic mass is 9.97. The number of carbonyl (C=O) groups is 1. The summed E-state index contributed by atoms with van der Waals surface area (Å²) in [5, 5.41) is 0. The molecule has 0 unspecified atom stereocenters. The van der Waals surface area contributed by atoms with E-state index < -0.39 is 0 Å². The molecule has 0 aliphatic rings. The van der Waals surface area contributed by atoms with Gasteiger partial charge in [-0.05, 0) is 29.3 Å². The highest BCUT2D eigenvalue weighted by Gasteiger charge is 2.11. The predicted molar refractivity (Wildman–Crippen MR) is 71.0 cm³/mol. The fraction of sp³-hybridized carbons (Fsp3) is 0.188. The molecule has 0 atom stereocenters. The van der Waals surface area contributed by atoms with Crippen molar-refractivity contribution in [2.45, 2.75) is 13.8 Å². The van der Waals surface area contributed by atoms with Crippen LogP contribution in [0.4, 0.5) is 4.39 Å². The van der Waals surface area contributed by atoms with Gasteiger partial charge in [0.15, 0.2) is 5.78 Å². The highest BCUT2D eigenvalue weighted by Crippen LogP contribution is 2.22. The maximum atomic E-state index is 13.2. The van der Waals surface area contributed by atoms with Crippen LogP contribution in [-0.4, -0.2) is 5.78 Å². The zero-order valence-corrected chi connectivity index (χ0v) is 10.5. The third-order valence-corrected chi connectivity index (χ3v) is 2.83. The van der Waals surface area contributed by atoms with E-state index in [1.807, 2.05) is 38.1 Å². The van der Waals surface area contributed by atoms with Crippen LogP contribution in [0.5, 0.6) is 0 Å². The lowest BCUT2D eigenvalue weighted by molar-refractivity contribution is 0.0939. The topological polar surface area (TPSA) is 17.1 Å². The van der Waals surface area contributed by atoms with E-state index in [4.69, 9.17) is 0 Å². The third-order valence-electron chi connectivity index (χ3n) is 2.83. The van der Waals surface area contributed by atoms with E-state index in [9.17, 15) is 9.18 Å². The van der Waals surface area contributed by atoms with Crippen molar-refractivity contribution in [1.29, 1.82) is 0 Å². The Morgan fingerprint density at radius 3 is 2.22 bits per heavy atom. The Labute approximate surface area is 106 Å². The number of benzene rings is 2. The first kappa shape index (κ1) is 12.5. The van der Waals surface area contributed by atoms with Crippen molar-refractivity contribution >= 4 is 5.78 Å². The van der Waals surface area contributed by atoms with E-state index in [2.05, 4.69) is 0 Å². The van der Waals surface area contributed by atoms with E-state index in [0.29, 0.717) is 5.56 Å². The predicted octanol–water partition coefficient (Wildman–Crippen LogP) is 4.33. The molecule has 18 heavy (non-hydrogen) atoms. The molecule has 0 N–H and O–H groups in total.